The Balaban J connectivity index is 0.00000338. The number of hydrogen-bond donors (Lipinski definition) is 2. The first-order valence-electron chi connectivity index (χ1n) is 8.28. The van der Waals surface area contributed by atoms with Crippen molar-refractivity contribution < 1.29 is 22.8 Å². The molecule has 2 rings (SSSR count). The Morgan fingerprint density at radius 1 is 1.35 bits per heavy atom. The van der Waals surface area contributed by atoms with Crippen molar-refractivity contribution in [2.45, 2.75) is 44.9 Å². The summed E-state index contributed by atoms with van der Waals surface area (Å²) in [6.45, 7) is 2.18. The molecule has 1 heterocycles. The lowest BCUT2D eigenvalue weighted by Crippen LogP contribution is -2.40. The molecular formula is C17H23ClF3N3O2. The summed E-state index contributed by atoms with van der Waals surface area (Å²) in [5, 5.41) is 5.99. The number of halogens is 4. The van der Waals surface area contributed by atoms with E-state index in [1.54, 1.807) is 24.3 Å². The molecule has 1 aromatic carbocycles. The van der Waals surface area contributed by atoms with E-state index < -0.39 is 12.1 Å². The Labute approximate surface area is 156 Å². The van der Waals surface area contributed by atoms with Gasteiger partial charge in [0, 0.05) is 31.2 Å². The van der Waals surface area contributed by atoms with Gasteiger partial charge in [-0.1, -0.05) is 12.1 Å². The van der Waals surface area contributed by atoms with Crippen LogP contribution >= 0.6 is 12.4 Å². The third-order valence-electron chi connectivity index (χ3n) is 4.09. The summed E-state index contributed by atoms with van der Waals surface area (Å²) in [4.78, 5) is 24.1. The quantitative estimate of drug-likeness (QED) is 0.780. The molecule has 1 unspecified atom stereocenters. The monoisotopic (exact) mass is 393 g/mol. The first kappa shape index (κ1) is 22.2. The van der Waals surface area contributed by atoms with Crippen LogP contribution in [0.3, 0.4) is 0 Å². The SMILES string of the molecule is CCN(Cc1cccc(NC(=O)CC2CCCN2)c1)C(=O)C(F)(F)F.Cl. The standard InChI is InChI=1S/C17H22F3N3O2.ClH/c1-2-23(16(25)17(18,19)20)11-12-5-3-6-14(9-12)22-15(24)10-13-7-4-8-21-13;/h3,5-6,9,13,21H,2,4,7-8,10-11H2,1H3,(H,22,24);1H. The average Bonchev–Trinajstić information content (AvgIpc) is 3.04. The van der Waals surface area contributed by atoms with E-state index in [1.807, 2.05) is 0 Å². The van der Waals surface area contributed by atoms with Crippen molar-refractivity contribution in [1.29, 1.82) is 0 Å². The lowest BCUT2D eigenvalue weighted by atomic mass is 10.1. The summed E-state index contributed by atoms with van der Waals surface area (Å²) >= 11 is 0. The first-order chi connectivity index (χ1) is 11.8. The summed E-state index contributed by atoms with van der Waals surface area (Å²) in [5.74, 6) is -2.01. The summed E-state index contributed by atoms with van der Waals surface area (Å²) < 4.78 is 37.7. The minimum Gasteiger partial charge on any atom is -0.331 e. The zero-order valence-electron chi connectivity index (χ0n) is 14.4. The normalized spacial score (nSPS) is 16.7. The Morgan fingerprint density at radius 3 is 2.65 bits per heavy atom. The topological polar surface area (TPSA) is 61.4 Å². The highest BCUT2D eigenvalue weighted by Crippen LogP contribution is 2.21. The van der Waals surface area contributed by atoms with Gasteiger partial charge < -0.3 is 15.5 Å². The van der Waals surface area contributed by atoms with Gasteiger partial charge in [-0.25, -0.2) is 0 Å². The van der Waals surface area contributed by atoms with Gasteiger partial charge in [0.05, 0.1) is 0 Å². The molecule has 5 nitrogen and oxygen atoms in total. The van der Waals surface area contributed by atoms with Crippen molar-refractivity contribution in [3.63, 3.8) is 0 Å². The van der Waals surface area contributed by atoms with Crippen LogP contribution in [-0.2, 0) is 16.1 Å². The predicted octanol–water partition coefficient (Wildman–Crippen LogP) is 3.10. The molecule has 26 heavy (non-hydrogen) atoms. The van der Waals surface area contributed by atoms with Crippen LogP contribution < -0.4 is 10.6 Å². The van der Waals surface area contributed by atoms with E-state index in [1.165, 1.54) is 6.92 Å². The molecule has 1 saturated heterocycles. The smallest absolute Gasteiger partial charge is 0.331 e. The summed E-state index contributed by atoms with van der Waals surface area (Å²) in [7, 11) is 0. The van der Waals surface area contributed by atoms with Crippen LogP contribution in [0.15, 0.2) is 24.3 Å². The Bertz CT molecular complexity index is 620. The number of carbonyl (C=O) groups is 2. The number of hydrogen-bond acceptors (Lipinski definition) is 3. The second-order valence-corrected chi connectivity index (χ2v) is 6.06. The van der Waals surface area contributed by atoms with E-state index in [9.17, 15) is 22.8 Å². The minimum absolute atomic E-state index is 0. The van der Waals surface area contributed by atoms with E-state index in [0.29, 0.717) is 17.7 Å². The van der Waals surface area contributed by atoms with E-state index in [2.05, 4.69) is 10.6 Å². The molecule has 1 aliphatic rings. The summed E-state index contributed by atoms with van der Waals surface area (Å²) in [6, 6.07) is 6.70. The maximum Gasteiger partial charge on any atom is 0.471 e. The van der Waals surface area contributed by atoms with Gasteiger partial charge in [-0.15, -0.1) is 12.4 Å². The molecule has 1 atom stereocenters. The van der Waals surface area contributed by atoms with Gasteiger partial charge in [-0.3, -0.25) is 9.59 Å². The lowest BCUT2D eigenvalue weighted by Gasteiger charge is -2.22. The van der Waals surface area contributed by atoms with E-state index in [4.69, 9.17) is 0 Å². The molecular weight excluding hydrogens is 371 g/mol. The fourth-order valence-electron chi connectivity index (χ4n) is 2.84. The number of nitrogens with zero attached hydrogens (tertiary/aromatic N) is 1. The molecule has 1 aliphatic heterocycles. The third kappa shape index (κ3) is 6.49. The van der Waals surface area contributed by atoms with Gasteiger partial charge in [0.2, 0.25) is 5.91 Å². The van der Waals surface area contributed by atoms with Crippen molar-refractivity contribution in [3.8, 4) is 0 Å². The Kier molecular flexibility index (Phi) is 8.36. The number of carbonyl (C=O) groups excluding carboxylic acids is 2. The van der Waals surface area contributed by atoms with Crippen LogP contribution in [-0.4, -0.2) is 42.0 Å². The molecule has 146 valence electrons. The molecule has 1 aromatic rings. The minimum atomic E-state index is -4.89. The zero-order valence-corrected chi connectivity index (χ0v) is 15.3. The molecule has 0 aromatic heterocycles. The highest BCUT2D eigenvalue weighted by Gasteiger charge is 2.41. The fourth-order valence-corrected chi connectivity index (χ4v) is 2.84. The third-order valence-corrected chi connectivity index (χ3v) is 4.09. The van der Waals surface area contributed by atoms with Gasteiger partial charge in [0.25, 0.3) is 0 Å². The van der Waals surface area contributed by atoms with Crippen LogP contribution in [0.2, 0.25) is 0 Å². The van der Waals surface area contributed by atoms with E-state index in [-0.39, 0.29) is 37.4 Å². The average molecular weight is 394 g/mol. The van der Waals surface area contributed by atoms with Gasteiger partial charge in [-0.2, -0.15) is 13.2 Å². The lowest BCUT2D eigenvalue weighted by molar-refractivity contribution is -0.185. The molecule has 0 radical (unpaired) electrons. The van der Waals surface area contributed by atoms with E-state index >= 15 is 0 Å². The van der Waals surface area contributed by atoms with Gasteiger partial charge in [-0.05, 0) is 44.0 Å². The maximum absolute atomic E-state index is 12.6. The maximum atomic E-state index is 12.6. The first-order valence-corrected chi connectivity index (χ1v) is 8.28. The Morgan fingerprint density at radius 2 is 2.08 bits per heavy atom. The predicted molar refractivity (Wildman–Crippen MR) is 95.1 cm³/mol. The van der Waals surface area contributed by atoms with Crippen LogP contribution in [0.25, 0.3) is 0 Å². The highest BCUT2D eigenvalue weighted by molar-refractivity contribution is 5.91. The van der Waals surface area contributed by atoms with Gasteiger partial charge in [0.1, 0.15) is 0 Å². The van der Waals surface area contributed by atoms with E-state index in [0.717, 1.165) is 24.3 Å². The fraction of sp³-hybridized carbons (Fsp3) is 0.529. The van der Waals surface area contributed by atoms with Crippen molar-refractivity contribution >= 4 is 29.9 Å². The second-order valence-electron chi connectivity index (χ2n) is 6.06. The number of benzene rings is 1. The molecule has 2 N–H and O–H groups in total. The van der Waals surface area contributed by atoms with Crippen molar-refractivity contribution in [3.05, 3.63) is 29.8 Å². The molecule has 9 heteroatoms. The van der Waals surface area contributed by atoms with Gasteiger partial charge in [0.15, 0.2) is 0 Å². The molecule has 2 amide bonds. The molecule has 0 spiro atoms. The summed E-state index contributed by atoms with van der Waals surface area (Å²) in [6.07, 6.45) is -2.53. The largest absolute Gasteiger partial charge is 0.471 e. The van der Waals surface area contributed by atoms with Crippen molar-refractivity contribution in [1.82, 2.24) is 10.2 Å². The zero-order chi connectivity index (χ0) is 18.4. The number of alkyl halides is 3. The number of amides is 2. The number of anilines is 1. The van der Waals surface area contributed by atoms with Gasteiger partial charge >= 0.3 is 12.1 Å². The highest BCUT2D eigenvalue weighted by atomic mass is 35.5. The molecule has 1 fully saturated rings. The summed E-state index contributed by atoms with van der Waals surface area (Å²) in [5.41, 5.74) is 1.03. The van der Waals surface area contributed by atoms with Crippen LogP contribution in [0.4, 0.5) is 18.9 Å². The van der Waals surface area contributed by atoms with Crippen LogP contribution in [0.5, 0.6) is 0 Å². The second kappa shape index (κ2) is 9.78. The van der Waals surface area contributed by atoms with Crippen LogP contribution in [0, 0.1) is 0 Å². The van der Waals surface area contributed by atoms with Crippen LogP contribution in [0.1, 0.15) is 31.7 Å². The number of rotatable bonds is 6. The number of nitrogens with one attached hydrogen (secondary N) is 2. The molecule has 0 saturated carbocycles. The molecule has 0 aliphatic carbocycles. The van der Waals surface area contributed by atoms with Crippen molar-refractivity contribution in [2.24, 2.45) is 0 Å². The Hall–Kier alpha value is -1.80. The van der Waals surface area contributed by atoms with Crippen molar-refractivity contribution in [2.75, 3.05) is 18.4 Å². The molecule has 0 bridgehead atoms.